The van der Waals surface area contributed by atoms with Crippen LogP contribution in [0.5, 0.6) is 0 Å². The Kier molecular flexibility index (Phi) is 5.92. The molecule has 3 nitrogen and oxygen atoms in total. The number of nitrogens with zero attached hydrogens (tertiary/aromatic N) is 1. The van der Waals surface area contributed by atoms with Crippen LogP contribution in [-0.2, 0) is 0 Å². The summed E-state index contributed by atoms with van der Waals surface area (Å²) in [4.78, 5) is 14.2. The lowest BCUT2D eigenvalue weighted by atomic mass is 9.90. The highest BCUT2D eigenvalue weighted by molar-refractivity contribution is 14.1. The van der Waals surface area contributed by atoms with Gasteiger partial charge in [-0.05, 0) is 59.2 Å². The van der Waals surface area contributed by atoms with Crippen LogP contribution >= 0.6 is 46.6 Å². The number of carbonyl (C=O) groups is 1. The lowest BCUT2D eigenvalue weighted by molar-refractivity contribution is 0.0777. The van der Waals surface area contributed by atoms with Crippen LogP contribution in [0.2, 0.25) is 5.02 Å². The number of amides is 1. The number of likely N-dealkylation sites (tertiary alicyclic amines) is 1. The third-order valence-corrected chi connectivity index (χ3v) is 5.08. The smallest absolute Gasteiger partial charge is 0.253 e. The van der Waals surface area contributed by atoms with E-state index in [9.17, 15) is 4.79 Å². The van der Waals surface area contributed by atoms with Crippen molar-refractivity contribution in [2.45, 2.75) is 13.3 Å². The lowest BCUT2D eigenvalue weighted by Gasteiger charge is -2.22. The molecule has 1 saturated heterocycles. The van der Waals surface area contributed by atoms with Crippen LogP contribution in [0, 0.1) is 8.99 Å². The highest BCUT2D eigenvalue weighted by Gasteiger charge is 2.35. The van der Waals surface area contributed by atoms with E-state index in [4.69, 9.17) is 17.3 Å². The molecule has 1 aliphatic heterocycles. The second-order valence-corrected chi connectivity index (χ2v) is 6.69. The highest BCUT2D eigenvalue weighted by atomic mass is 127. The molecular formula is C13H17Cl2IN2O. The van der Waals surface area contributed by atoms with Crippen molar-refractivity contribution < 1.29 is 4.79 Å². The number of hydrogen-bond donors (Lipinski definition) is 1. The van der Waals surface area contributed by atoms with Crippen molar-refractivity contribution in [2.24, 2.45) is 11.1 Å². The molecule has 0 radical (unpaired) electrons. The number of rotatable bonds is 2. The van der Waals surface area contributed by atoms with Crippen LogP contribution in [0.25, 0.3) is 0 Å². The van der Waals surface area contributed by atoms with Gasteiger partial charge >= 0.3 is 0 Å². The van der Waals surface area contributed by atoms with Crippen molar-refractivity contribution in [1.29, 1.82) is 0 Å². The zero-order valence-corrected chi connectivity index (χ0v) is 14.4. The molecule has 106 valence electrons. The van der Waals surface area contributed by atoms with Gasteiger partial charge in [0.05, 0.1) is 5.02 Å². The molecule has 2 N–H and O–H groups in total. The number of benzene rings is 1. The molecule has 1 aromatic carbocycles. The molecule has 0 spiro atoms. The summed E-state index contributed by atoms with van der Waals surface area (Å²) in [6, 6.07) is 5.44. The molecular weight excluding hydrogens is 398 g/mol. The molecule has 1 atom stereocenters. The number of carbonyl (C=O) groups excluding carboxylic acids is 1. The fourth-order valence-electron chi connectivity index (χ4n) is 2.18. The molecule has 19 heavy (non-hydrogen) atoms. The third kappa shape index (κ3) is 3.74. The zero-order chi connectivity index (χ0) is 13.3. The van der Waals surface area contributed by atoms with Crippen LogP contribution in [-0.4, -0.2) is 30.4 Å². The van der Waals surface area contributed by atoms with E-state index in [-0.39, 0.29) is 23.7 Å². The van der Waals surface area contributed by atoms with Crippen molar-refractivity contribution in [2.75, 3.05) is 19.6 Å². The SMILES string of the molecule is CC1(CN)CCN(C(=O)c2ccc(I)c(Cl)c2)C1.Cl. The van der Waals surface area contributed by atoms with Gasteiger partial charge < -0.3 is 10.6 Å². The lowest BCUT2D eigenvalue weighted by Crippen LogP contribution is -2.34. The van der Waals surface area contributed by atoms with E-state index >= 15 is 0 Å². The van der Waals surface area contributed by atoms with Gasteiger partial charge in [0.15, 0.2) is 0 Å². The maximum atomic E-state index is 12.3. The first kappa shape index (κ1) is 17.0. The minimum atomic E-state index is 0. The summed E-state index contributed by atoms with van der Waals surface area (Å²) in [5.41, 5.74) is 6.47. The van der Waals surface area contributed by atoms with Gasteiger partial charge in [-0.25, -0.2) is 0 Å². The molecule has 2 rings (SSSR count). The molecule has 0 saturated carbocycles. The van der Waals surface area contributed by atoms with Crippen molar-refractivity contribution in [3.63, 3.8) is 0 Å². The fraction of sp³-hybridized carbons (Fsp3) is 0.462. The molecule has 0 aromatic heterocycles. The summed E-state index contributed by atoms with van der Waals surface area (Å²) in [6.45, 7) is 4.24. The Morgan fingerprint density at radius 3 is 2.79 bits per heavy atom. The van der Waals surface area contributed by atoms with Crippen molar-refractivity contribution in [1.82, 2.24) is 4.90 Å². The van der Waals surface area contributed by atoms with Gasteiger partial charge in [0.1, 0.15) is 0 Å². The summed E-state index contributed by atoms with van der Waals surface area (Å²) in [5, 5.41) is 0.627. The van der Waals surface area contributed by atoms with Gasteiger partial charge in [-0.3, -0.25) is 4.79 Å². The quantitative estimate of drug-likeness (QED) is 0.755. The van der Waals surface area contributed by atoms with Crippen molar-refractivity contribution in [3.05, 3.63) is 32.4 Å². The van der Waals surface area contributed by atoms with Crippen molar-refractivity contribution in [3.8, 4) is 0 Å². The third-order valence-electron chi connectivity index (χ3n) is 3.50. The van der Waals surface area contributed by atoms with Gasteiger partial charge in [0.2, 0.25) is 0 Å². The fourth-order valence-corrected chi connectivity index (χ4v) is 2.69. The average molecular weight is 415 g/mol. The normalized spacial score (nSPS) is 22.2. The van der Waals surface area contributed by atoms with E-state index in [2.05, 4.69) is 29.5 Å². The van der Waals surface area contributed by atoms with Crippen LogP contribution in [0.3, 0.4) is 0 Å². The second kappa shape index (κ2) is 6.61. The Hall–Kier alpha value is -0.0400. The molecule has 0 bridgehead atoms. The maximum Gasteiger partial charge on any atom is 0.253 e. The van der Waals surface area contributed by atoms with Gasteiger partial charge in [-0.1, -0.05) is 18.5 Å². The van der Waals surface area contributed by atoms with Crippen LogP contribution in [0.4, 0.5) is 0 Å². The topological polar surface area (TPSA) is 46.3 Å². The molecule has 1 fully saturated rings. The summed E-state index contributed by atoms with van der Waals surface area (Å²) in [5.74, 6) is 0.0467. The molecule has 1 amide bonds. The van der Waals surface area contributed by atoms with Gasteiger partial charge in [-0.15, -0.1) is 12.4 Å². The van der Waals surface area contributed by atoms with Crippen LogP contribution in [0.15, 0.2) is 18.2 Å². The zero-order valence-electron chi connectivity index (χ0n) is 10.7. The Labute approximate surface area is 138 Å². The summed E-state index contributed by atoms with van der Waals surface area (Å²) in [6.07, 6.45) is 0.966. The standard InChI is InChI=1S/C13H16ClIN2O.ClH/c1-13(7-16)4-5-17(8-13)12(18)9-2-3-11(15)10(14)6-9;/h2-3,6H,4-5,7-8,16H2,1H3;1H. The molecule has 0 aliphatic carbocycles. The van der Waals surface area contributed by atoms with Crippen LogP contribution in [0.1, 0.15) is 23.7 Å². The minimum Gasteiger partial charge on any atom is -0.338 e. The first-order valence-electron chi connectivity index (χ1n) is 5.90. The van der Waals surface area contributed by atoms with E-state index in [0.717, 1.165) is 23.1 Å². The predicted octanol–water partition coefficient (Wildman–Crippen LogP) is 3.18. The second-order valence-electron chi connectivity index (χ2n) is 5.12. The number of nitrogens with two attached hydrogens (primary N) is 1. The minimum absolute atomic E-state index is 0. The van der Waals surface area contributed by atoms with E-state index in [1.54, 1.807) is 6.07 Å². The summed E-state index contributed by atoms with van der Waals surface area (Å²) < 4.78 is 0.957. The van der Waals surface area contributed by atoms with Crippen LogP contribution < -0.4 is 5.73 Å². The average Bonchev–Trinajstić information content (AvgIpc) is 2.75. The maximum absolute atomic E-state index is 12.3. The number of hydrogen-bond acceptors (Lipinski definition) is 2. The van der Waals surface area contributed by atoms with Crippen molar-refractivity contribution >= 4 is 52.5 Å². The monoisotopic (exact) mass is 414 g/mol. The number of halogens is 3. The Bertz CT molecular complexity index is 484. The summed E-state index contributed by atoms with van der Waals surface area (Å²) in [7, 11) is 0. The molecule has 1 heterocycles. The first-order chi connectivity index (χ1) is 8.45. The predicted molar refractivity (Wildman–Crippen MR) is 89.1 cm³/mol. The van der Waals surface area contributed by atoms with E-state index < -0.39 is 0 Å². The van der Waals surface area contributed by atoms with E-state index in [0.29, 0.717) is 17.1 Å². The van der Waals surface area contributed by atoms with E-state index in [1.807, 2.05) is 17.0 Å². The Morgan fingerprint density at radius 2 is 2.26 bits per heavy atom. The van der Waals surface area contributed by atoms with Gasteiger partial charge in [0, 0.05) is 22.2 Å². The molecule has 1 unspecified atom stereocenters. The van der Waals surface area contributed by atoms with Gasteiger partial charge in [-0.2, -0.15) is 0 Å². The molecule has 1 aromatic rings. The summed E-state index contributed by atoms with van der Waals surface area (Å²) >= 11 is 8.20. The molecule has 6 heteroatoms. The Morgan fingerprint density at radius 1 is 1.58 bits per heavy atom. The highest BCUT2D eigenvalue weighted by Crippen LogP contribution is 2.30. The molecule has 1 aliphatic rings. The Balaban J connectivity index is 0.00000180. The largest absolute Gasteiger partial charge is 0.338 e. The van der Waals surface area contributed by atoms with Gasteiger partial charge in [0.25, 0.3) is 5.91 Å². The van der Waals surface area contributed by atoms with E-state index in [1.165, 1.54) is 0 Å². The first-order valence-corrected chi connectivity index (χ1v) is 7.35.